The van der Waals surface area contributed by atoms with Crippen LogP contribution in [0.25, 0.3) is 0 Å². The van der Waals surface area contributed by atoms with Crippen LogP contribution in [-0.4, -0.2) is 24.0 Å². The third kappa shape index (κ3) is 3.52. The molecule has 1 atom stereocenters. The lowest BCUT2D eigenvalue weighted by molar-refractivity contribution is -0.117. The summed E-state index contributed by atoms with van der Waals surface area (Å²) in [4.78, 5) is 11.6. The van der Waals surface area contributed by atoms with E-state index in [-0.39, 0.29) is 5.91 Å². The number of hydrogen-bond donors (Lipinski definition) is 2. The van der Waals surface area contributed by atoms with E-state index in [1.165, 1.54) is 11.3 Å². The highest BCUT2D eigenvalue weighted by Crippen LogP contribution is 2.22. The van der Waals surface area contributed by atoms with Crippen LogP contribution >= 0.6 is 23.1 Å². The van der Waals surface area contributed by atoms with Crippen molar-refractivity contribution in [2.45, 2.75) is 12.5 Å². The van der Waals surface area contributed by atoms with Gasteiger partial charge in [0.05, 0.1) is 11.6 Å². The fraction of sp³-hybridized carbons (Fsp3) is 0.400. The lowest BCUT2D eigenvalue weighted by atomic mass is 10.2. The maximum Gasteiger partial charge on any atom is 0.241 e. The second kappa shape index (κ2) is 6.53. The monoisotopic (exact) mass is 255 g/mol. The van der Waals surface area contributed by atoms with Gasteiger partial charge < -0.3 is 11.1 Å². The molecule has 0 aliphatic rings. The molecule has 1 aromatic heterocycles. The Labute approximate surface area is 103 Å². The number of nitriles is 1. The molecule has 3 N–H and O–H groups in total. The highest BCUT2D eigenvalue weighted by Gasteiger charge is 2.15. The van der Waals surface area contributed by atoms with Crippen LogP contribution in [0, 0.1) is 11.3 Å². The van der Waals surface area contributed by atoms with Gasteiger partial charge in [0, 0.05) is 0 Å². The van der Waals surface area contributed by atoms with Crippen LogP contribution in [-0.2, 0) is 4.79 Å². The molecule has 4 nitrogen and oxygen atoms in total. The van der Waals surface area contributed by atoms with E-state index in [9.17, 15) is 4.79 Å². The van der Waals surface area contributed by atoms with Crippen LogP contribution in [0.2, 0.25) is 0 Å². The molecule has 0 saturated carbocycles. The molecule has 0 radical (unpaired) electrons. The van der Waals surface area contributed by atoms with Crippen molar-refractivity contribution in [3.05, 3.63) is 17.0 Å². The van der Waals surface area contributed by atoms with Crippen molar-refractivity contribution < 1.29 is 4.79 Å². The minimum Gasteiger partial charge on any atom is -0.320 e. The summed E-state index contributed by atoms with van der Waals surface area (Å²) in [5, 5.41) is 13.8. The SMILES string of the molecule is CSCC[C@H](N)C(=O)Nc1sccc1C#N. The van der Waals surface area contributed by atoms with Gasteiger partial charge in [0.15, 0.2) is 0 Å². The minimum absolute atomic E-state index is 0.229. The second-order valence-corrected chi connectivity index (χ2v) is 5.05. The number of carbonyl (C=O) groups excluding carboxylic acids is 1. The van der Waals surface area contributed by atoms with Gasteiger partial charge in [-0.15, -0.1) is 11.3 Å². The third-order valence-corrected chi connectivity index (χ3v) is 3.47. The molecule has 0 aromatic carbocycles. The summed E-state index contributed by atoms with van der Waals surface area (Å²) in [6, 6.07) is 3.18. The van der Waals surface area contributed by atoms with Crippen molar-refractivity contribution in [2.24, 2.45) is 5.73 Å². The molecule has 16 heavy (non-hydrogen) atoms. The summed E-state index contributed by atoms with van der Waals surface area (Å²) < 4.78 is 0. The Morgan fingerprint density at radius 3 is 3.19 bits per heavy atom. The molecular formula is C10H13N3OS2. The van der Waals surface area contributed by atoms with E-state index in [1.54, 1.807) is 23.2 Å². The fourth-order valence-corrected chi connectivity index (χ4v) is 2.30. The first-order valence-corrected chi connectivity index (χ1v) is 6.99. The minimum atomic E-state index is -0.513. The highest BCUT2D eigenvalue weighted by molar-refractivity contribution is 7.98. The van der Waals surface area contributed by atoms with Gasteiger partial charge in [-0.2, -0.15) is 17.0 Å². The molecular weight excluding hydrogens is 242 g/mol. The highest BCUT2D eigenvalue weighted by atomic mass is 32.2. The third-order valence-electron chi connectivity index (χ3n) is 1.99. The number of amides is 1. The number of rotatable bonds is 5. The van der Waals surface area contributed by atoms with E-state index in [2.05, 4.69) is 5.32 Å². The summed E-state index contributed by atoms with van der Waals surface area (Å²) in [5.74, 6) is 0.623. The molecule has 1 amide bonds. The van der Waals surface area contributed by atoms with Crippen LogP contribution in [0.5, 0.6) is 0 Å². The molecule has 0 saturated heterocycles. The van der Waals surface area contributed by atoms with Crippen molar-refractivity contribution in [3.8, 4) is 6.07 Å². The van der Waals surface area contributed by atoms with Crippen molar-refractivity contribution in [1.82, 2.24) is 0 Å². The molecule has 86 valence electrons. The van der Waals surface area contributed by atoms with Crippen LogP contribution in [0.15, 0.2) is 11.4 Å². The first-order chi connectivity index (χ1) is 7.69. The zero-order chi connectivity index (χ0) is 12.0. The predicted molar refractivity (Wildman–Crippen MR) is 68.6 cm³/mol. The zero-order valence-electron chi connectivity index (χ0n) is 8.90. The number of thiophene rings is 1. The van der Waals surface area contributed by atoms with Crippen molar-refractivity contribution in [2.75, 3.05) is 17.3 Å². The summed E-state index contributed by atoms with van der Waals surface area (Å²) in [5.41, 5.74) is 6.19. The van der Waals surface area contributed by atoms with E-state index in [4.69, 9.17) is 11.0 Å². The summed E-state index contributed by atoms with van der Waals surface area (Å²) in [6.07, 6.45) is 2.61. The quantitative estimate of drug-likeness (QED) is 0.838. The van der Waals surface area contributed by atoms with Crippen molar-refractivity contribution in [1.29, 1.82) is 5.26 Å². The molecule has 0 fully saturated rings. The standard InChI is InChI=1S/C10H13N3OS2/c1-15-4-3-8(12)9(14)13-10-7(6-11)2-5-16-10/h2,5,8H,3-4,12H2,1H3,(H,13,14)/t8-/m0/s1. The Hall–Kier alpha value is -1.03. The molecule has 1 aromatic rings. The Kier molecular flexibility index (Phi) is 5.32. The molecule has 6 heteroatoms. The Morgan fingerprint density at radius 1 is 1.81 bits per heavy atom. The van der Waals surface area contributed by atoms with Crippen LogP contribution < -0.4 is 11.1 Å². The number of hydrogen-bond acceptors (Lipinski definition) is 5. The molecule has 0 unspecified atom stereocenters. The average Bonchev–Trinajstić information content (AvgIpc) is 2.72. The molecule has 0 spiro atoms. The first-order valence-electron chi connectivity index (χ1n) is 4.72. The average molecular weight is 255 g/mol. The normalized spacial score (nSPS) is 11.8. The number of anilines is 1. The van der Waals surface area contributed by atoms with E-state index >= 15 is 0 Å². The van der Waals surface area contributed by atoms with Crippen LogP contribution in [0.1, 0.15) is 12.0 Å². The van der Waals surface area contributed by atoms with Crippen molar-refractivity contribution >= 4 is 34.0 Å². The maximum atomic E-state index is 11.6. The van der Waals surface area contributed by atoms with Gasteiger partial charge in [0.25, 0.3) is 0 Å². The first kappa shape index (κ1) is 13.0. The van der Waals surface area contributed by atoms with Crippen molar-refractivity contribution in [3.63, 3.8) is 0 Å². The van der Waals surface area contributed by atoms with Crippen LogP contribution in [0.4, 0.5) is 5.00 Å². The van der Waals surface area contributed by atoms with E-state index in [0.29, 0.717) is 17.0 Å². The Morgan fingerprint density at radius 2 is 2.56 bits per heavy atom. The molecule has 0 aliphatic heterocycles. The number of nitrogens with zero attached hydrogens (tertiary/aromatic N) is 1. The lowest BCUT2D eigenvalue weighted by Crippen LogP contribution is -2.36. The molecule has 0 aliphatic carbocycles. The van der Waals surface area contributed by atoms with Gasteiger partial charge in [-0.1, -0.05) is 0 Å². The molecule has 0 bridgehead atoms. The Balaban J connectivity index is 2.54. The Bertz CT molecular complexity index is 397. The number of carbonyl (C=O) groups is 1. The molecule has 1 rings (SSSR count). The summed E-state index contributed by atoms with van der Waals surface area (Å²) >= 11 is 2.98. The summed E-state index contributed by atoms with van der Waals surface area (Å²) in [7, 11) is 0. The van der Waals surface area contributed by atoms with E-state index in [0.717, 1.165) is 5.75 Å². The number of nitrogens with two attached hydrogens (primary N) is 1. The lowest BCUT2D eigenvalue weighted by Gasteiger charge is -2.10. The van der Waals surface area contributed by atoms with Gasteiger partial charge in [-0.25, -0.2) is 0 Å². The van der Waals surface area contributed by atoms with Gasteiger partial charge in [-0.05, 0) is 29.9 Å². The number of nitrogens with one attached hydrogen (secondary N) is 1. The van der Waals surface area contributed by atoms with Gasteiger partial charge in [0.1, 0.15) is 11.1 Å². The second-order valence-electron chi connectivity index (χ2n) is 3.15. The number of thioether (sulfide) groups is 1. The van der Waals surface area contributed by atoms with Crippen LogP contribution in [0.3, 0.4) is 0 Å². The van der Waals surface area contributed by atoms with E-state index < -0.39 is 6.04 Å². The predicted octanol–water partition coefficient (Wildman–Crippen LogP) is 1.64. The zero-order valence-corrected chi connectivity index (χ0v) is 10.5. The van der Waals surface area contributed by atoms with E-state index in [1.807, 2.05) is 12.3 Å². The largest absolute Gasteiger partial charge is 0.320 e. The summed E-state index contributed by atoms with van der Waals surface area (Å²) in [6.45, 7) is 0. The topological polar surface area (TPSA) is 78.9 Å². The fourth-order valence-electron chi connectivity index (χ4n) is 1.07. The van der Waals surface area contributed by atoms with Gasteiger partial charge >= 0.3 is 0 Å². The molecule has 1 heterocycles. The maximum absolute atomic E-state index is 11.6. The smallest absolute Gasteiger partial charge is 0.241 e. The van der Waals surface area contributed by atoms with Gasteiger partial charge in [0.2, 0.25) is 5.91 Å². The van der Waals surface area contributed by atoms with Gasteiger partial charge in [-0.3, -0.25) is 4.79 Å².